The molecule has 1 aromatic carbocycles. The lowest BCUT2D eigenvalue weighted by Crippen LogP contribution is -2.41. The van der Waals surface area contributed by atoms with E-state index in [1.54, 1.807) is 0 Å². The molecular weight excluding hydrogens is 314 g/mol. The molecule has 1 heterocycles. The topological polar surface area (TPSA) is 38.3 Å². The van der Waals surface area contributed by atoms with Gasteiger partial charge in [-0.1, -0.05) is 6.07 Å². The molecule has 1 aromatic rings. The van der Waals surface area contributed by atoms with Crippen LogP contribution < -0.4 is 5.32 Å². The normalized spacial score (nSPS) is 21.0. The maximum atomic E-state index is 13.2. The largest absolute Gasteiger partial charge is 0.419 e. The number of halogens is 4. The molecule has 1 fully saturated rings. The second-order valence-corrected chi connectivity index (χ2v) is 6.33. The minimum atomic E-state index is -4.76. The van der Waals surface area contributed by atoms with E-state index in [1.807, 2.05) is 13.8 Å². The van der Waals surface area contributed by atoms with Crippen molar-refractivity contribution < 1.29 is 27.1 Å². The van der Waals surface area contributed by atoms with Crippen LogP contribution in [-0.4, -0.2) is 18.1 Å². The van der Waals surface area contributed by atoms with E-state index in [1.165, 1.54) is 6.07 Å². The summed E-state index contributed by atoms with van der Waals surface area (Å²) in [6.45, 7) is 4.18. The summed E-state index contributed by atoms with van der Waals surface area (Å²) in [6, 6.07) is 2.73. The third-order valence-corrected chi connectivity index (χ3v) is 3.87. The van der Waals surface area contributed by atoms with E-state index < -0.39 is 17.6 Å². The van der Waals surface area contributed by atoms with Crippen LogP contribution in [0.4, 0.5) is 17.6 Å². The van der Waals surface area contributed by atoms with E-state index in [0.717, 1.165) is 12.1 Å². The number of alkyl halides is 3. The highest BCUT2D eigenvalue weighted by Crippen LogP contribution is 2.32. The highest BCUT2D eigenvalue weighted by molar-refractivity contribution is 5.78. The van der Waals surface area contributed by atoms with Gasteiger partial charge in [-0.05, 0) is 44.4 Å². The number of rotatable bonds is 3. The summed E-state index contributed by atoms with van der Waals surface area (Å²) in [5.74, 6) is -1.78. The van der Waals surface area contributed by atoms with E-state index in [4.69, 9.17) is 4.74 Å². The lowest BCUT2D eigenvalue weighted by atomic mass is 9.88. The number of hydrogen-bond acceptors (Lipinski definition) is 2. The lowest BCUT2D eigenvalue weighted by Gasteiger charge is -2.34. The Morgan fingerprint density at radius 1 is 1.39 bits per heavy atom. The van der Waals surface area contributed by atoms with E-state index in [-0.39, 0.29) is 29.5 Å². The molecule has 0 spiro atoms. The molecule has 0 saturated carbocycles. The average Bonchev–Trinajstić information content (AvgIpc) is 2.43. The summed E-state index contributed by atoms with van der Waals surface area (Å²) in [5, 5.41) is 2.62. The van der Waals surface area contributed by atoms with Gasteiger partial charge in [0.1, 0.15) is 5.82 Å². The maximum Gasteiger partial charge on any atom is 0.419 e. The fourth-order valence-electron chi connectivity index (χ4n) is 2.69. The monoisotopic (exact) mass is 333 g/mol. The third kappa shape index (κ3) is 4.67. The van der Waals surface area contributed by atoms with Gasteiger partial charge in [-0.25, -0.2) is 4.39 Å². The molecule has 0 aromatic heterocycles. The van der Waals surface area contributed by atoms with Gasteiger partial charge >= 0.3 is 6.18 Å². The van der Waals surface area contributed by atoms with Crippen molar-refractivity contribution in [2.75, 3.05) is 6.61 Å². The van der Waals surface area contributed by atoms with E-state index in [0.29, 0.717) is 19.4 Å². The van der Waals surface area contributed by atoms with Gasteiger partial charge in [0, 0.05) is 19.1 Å². The highest BCUT2D eigenvalue weighted by atomic mass is 19.4. The number of nitrogens with one attached hydrogen (secondary N) is 1. The van der Waals surface area contributed by atoms with Crippen molar-refractivity contribution >= 4 is 5.91 Å². The van der Waals surface area contributed by atoms with Gasteiger partial charge in [0.25, 0.3) is 0 Å². The zero-order chi connectivity index (χ0) is 17.3. The number of hydrogen-bond donors (Lipinski definition) is 1. The van der Waals surface area contributed by atoms with E-state index in [9.17, 15) is 22.4 Å². The molecule has 23 heavy (non-hydrogen) atoms. The van der Waals surface area contributed by atoms with Crippen LogP contribution in [0.25, 0.3) is 0 Å². The Kier molecular flexibility index (Phi) is 4.98. The standard InChI is InChI=1S/C16H19F4NO2/c1-15(2)8-11(5-6-23-15)14(22)21-9-10-3-4-13(17)12(7-10)16(18,19)20/h3-4,7,11H,5-6,8-9H2,1-2H3,(H,21,22)/t11-/m1/s1. The maximum absolute atomic E-state index is 13.2. The van der Waals surface area contributed by atoms with Gasteiger partial charge in [0.2, 0.25) is 5.91 Å². The molecule has 0 unspecified atom stereocenters. The first kappa shape index (κ1) is 17.7. The molecule has 0 radical (unpaired) electrons. The van der Waals surface area contributed by atoms with Crippen molar-refractivity contribution in [3.8, 4) is 0 Å². The van der Waals surface area contributed by atoms with E-state index >= 15 is 0 Å². The predicted molar refractivity (Wildman–Crippen MR) is 76.0 cm³/mol. The van der Waals surface area contributed by atoms with Gasteiger partial charge in [0.05, 0.1) is 11.2 Å². The van der Waals surface area contributed by atoms with Crippen LogP contribution in [0.1, 0.15) is 37.8 Å². The molecule has 1 aliphatic rings. The van der Waals surface area contributed by atoms with Crippen molar-refractivity contribution in [3.63, 3.8) is 0 Å². The Morgan fingerprint density at radius 3 is 2.70 bits per heavy atom. The van der Waals surface area contributed by atoms with Crippen LogP contribution in [0.5, 0.6) is 0 Å². The Balaban J connectivity index is 1.99. The molecule has 1 N–H and O–H groups in total. The van der Waals surface area contributed by atoms with Crippen molar-refractivity contribution in [2.45, 2.75) is 45.0 Å². The average molecular weight is 333 g/mol. The van der Waals surface area contributed by atoms with Gasteiger partial charge < -0.3 is 10.1 Å². The Morgan fingerprint density at radius 2 is 2.09 bits per heavy atom. The second-order valence-electron chi connectivity index (χ2n) is 6.33. The summed E-state index contributed by atoms with van der Waals surface area (Å²) in [7, 11) is 0. The van der Waals surface area contributed by atoms with Gasteiger partial charge in [-0.2, -0.15) is 13.2 Å². The van der Waals surface area contributed by atoms with Crippen LogP contribution in [-0.2, 0) is 22.3 Å². The molecule has 128 valence electrons. The first-order chi connectivity index (χ1) is 10.6. The molecule has 1 aliphatic heterocycles. The van der Waals surface area contributed by atoms with Gasteiger partial charge in [-0.15, -0.1) is 0 Å². The van der Waals surface area contributed by atoms with Crippen molar-refractivity contribution in [3.05, 3.63) is 35.1 Å². The number of amides is 1. The van der Waals surface area contributed by atoms with Crippen LogP contribution in [0.3, 0.4) is 0 Å². The molecule has 3 nitrogen and oxygen atoms in total. The zero-order valence-corrected chi connectivity index (χ0v) is 13.0. The minimum Gasteiger partial charge on any atom is -0.376 e. The number of benzene rings is 1. The minimum absolute atomic E-state index is 0.0695. The molecule has 1 atom stereocenters. The highest BCUT2D eigenvalue weighted by Gasteiger charge is 2.35. The zero-order valence-electron chi connectivity index (χ0n) is 13.0. The predicted octanol–water partition coefficient (Wildman–Crippen LogP) is 3.67. The van der Waals surface area contributed by atoms with Crippen molar-refractivity contribution in [1.29, 1.82) is 0 Å². The Bertz CT molecular complexity index is 584. The molecule has 1 saturated heterocycles. The van der Waals surface area contributed by atoms with Crippen molar-refractivity contribution in [1.82, 2.24) is 5.32 Å². The molecule has 2 rings (SSSR count). The summed E-state index contributed by atoms with van der Waals surface area (Å²) in [5.41, 5.74) is -1.51. The fourth-order valence-corrected chi connectivity index (χ4v) is 2.69. The van der Waals surface area contributed by atoms with Crippen LogP contribution in [0.15, 0.2) is 18.2 Å². The van der Waals surface area contributed by atoms with Crippen LogP contribution in [0, 0.1) is 11.7 Å². The molecule has 1 amide bonds. The first-order valence-electron chi connectivity index (χ1n) is 7.36. The number of ether oxygens (including phenoxy) is 1. The number of carbonyl (C=O) groups is 1. The first-order valence-corrected chi connectivity index (χ1v) is 7.36. The fraction of sp³-hybridized carbons (Fsp3) is 0.562. The third-order valence-electron chi connectivity index (χ3n) is 3.87. The quantitative estimate of drug-likeness (QED) is 0.857. The lowest BCUT2D eigenvalue weighted by molar-refractivity contribution is -0.140. The number of carbonyl (C=O) groups excluding carboxylic acids is 1. The smallest absolute Gasteiger partial charge is 0.376 e. The molecule has 0 bridgehead atoms. The second kappa shape index (κ2) is 6.47. The summed E-state index contributed by atoms with van der Waals surface area (Å²) in [6.07, 6.45) is -3.63. The Hall–Kier alpha value is -1.63. The molecule has 0 aliphatic carbocycles. The SMILES string of the molecule is CC1(C)C[C@H](C(=O)NCc2ccc(F)c(C(F)(F)F)c2)CCO1. The summed E-state index contributed by atoms with van der Waals surface area (Å²) >= 11 is 0. The van der Waals surface area contributed by atoms with Crippen LogP contribution in [0.2, 0.25) is 0 Å². The molecule has 7 heteroatoms. The summed E-state index contributed by atoms with van der Waals surface area (Å²) in [4.78, 5) is 12.1. The molecular formula is C16H19F4NO2. The van der Waals surface area contributed by atoms with Gasteiger partial charge in [-0.3, -0.25) is 4.79 Å². The summed E-state index contributed by atoms with van der Waals surface area (Å²) < 4.78 is 56.7. The van der Waals surface area contributed by atoms with E-state index in [2.05, 4.69) is 5.32 Å². The Labute approximate surface area is 132 Å². The van der Waals surface area contributed by atoms with Crippen LogP contribution >= 0.6 is 0 Å². The van der Waals surface area contributed by atoms with Crippen molar-refractivity contribution in [2.24, 2.45) is 5.92 Å². The van der Waals surface area contributed by atoms with Gasteiger partial charge in [0.15, 0.2) is 0 Å².